The normalized spacial score (nSPS) is 26.8. The summed E-state index contributed by atoms with van der Waals surface area (Å²) in [4.78, 5) is 31.4. The highest BCUT2D eigenvalue weighted by atomic mass is 32.2. The minimum absolute atomic E-state index is 0.00523. The zero-order chi connectivity index (χ0) is 19.4. The summed E-state index contributed by atoms with van der Waals surface area (Å²) in [6.07, 6.45) is 4.43. The zero-order valence-electron chi connectivity index (χ0n) is 16.4. The van der Waals surface area contributed by atoms with Crippen molar-refractivity contribution in [3.8, 4) is 0 Å². The van der Waals surface area contributed by atoms with E-state index in [1.807, 2.05) is 18.7 Å². The third-order valence-corrected chi connectivity index (χ3v) is 7.75. The average Bonchev–Trinajstić information content (AvgIpc) is 3.03. The molecule has 0 bridgehead atoms. The van der Waals surface area contributed by atoms with Crippen molar-refractivity contribution < 1.29 is 9.59 Å². The lowest BCUT2D eigenvalue weighted by molar-refractivity contribution is -0.135. The standard InChI is InChI=1S/C19H30N4O2S2/c1-12(2)23-9-8-20-18(25)16(23)10-17(24)22-14-4-6-15(7-5-14)27-19-21-13(3)11-26-19/h11-12,14-16H,4-10H2,1-3H3,(H,20,25)(H,22,24). The highest BCUT2D eigenvalue weighted by Gasteiger charge is 2.33. The quantitative estimate of drug-likeness (QED) is 0.754. The molecule has 1 saturated heterocycles. The number of nitrogens with one attached hydrogen (secondary N) is 2. The molecule has 2 fully saturated rings. The molecule has 1 saturated carbocycles. The van der Waals surface area contributed by atoms with Crippen LogP contribution in [0.3, 0.4) is 0 Å². The zero-order valence-corrected chi connectivity index (χ0v) is 18.0. The van der Waals surface area contributed by atoms with Gasteiger partial charge in [-0.1, -0.05) is 11.8 Å². The van der Waals surface area contributed by atoms with Crippen molar-refractivity contribution in [2.24, 2.45) is 0 Å². The summed E-state index contributed by atoms with van der Waals surface area (Å²) in [5.74, 6) is -0.0294. The van der Waals surface area contributed by atoms with Gasteiger partial charge in [0.1, 0.15) is 4.34 Å². The van der Waals surface area contributed by atoms with Crippen LogP contribution < -0.4 is 10.6 Å². The van der Waals surface area contributed by atoms with Crippen LogP contribution in [0.4, 0.5) is 0 Å². The molecule has 0 aromatic carbocycles. The van der Waals surface area contributed by atoms with Crippen LogP contribution in [0.5, 0.6) is 0 Å². The van der Waals surface area contributed by atoms with E-state index >= 15 is 0 Å². The summed E-state index contributed by atoms with van der Waals surface area (Å²) < 4.78 is 1.15. The molecule has 2 aliphatic rings. The molecule has 0 spiro atoms. The lowest BCUT2D eigenvalue weighted by Crippen LogP contribution is -2.58. The Hall–Kier alpha value is -1.12. The largest absolute Gasteiger partial charge is 0.353 e. The SMILES string of the molecule is Cc1csc(SC2CCC(NC(=O)CC3C(=O)NCCN3C(C)C)CC2)n1. The van der Waals surface area contributed by atoms with Gasteiger partial charge in [0.15, 0.2) is 0 Å². The van der Waals surface area contributed by atoms with Gasteiger partial charge in [-0.25, -0.2) is 4.98 Å². The van der Waals surface area contributed by atoms with Crippen LogP contribution in [0.25, 0.3) is 0 Å². The van der Waals surface area contributed by atoms with Crippen molar-refractivity contribution in [2.75, 3.05) is 13.1 Å². The number of rotatable bonds is 6. The summed E-state index contributed by atoms with van der Waals surface area (Å²) in [5, 5.41) is 8.74. The lowest BCUT2D eigenvalue weighted by atomic mass is 9.94. The van der Waals surface area contributed by atoms with E-state index in [-0.39, 0.29) is 36.4 Å². The third kappa shape index (κ3) is 5.68. The first-order valence-corrected chi connectivity index (χ1v) is 11.6. The maximum absolute atomic E-state index is 12.5. The maximum atomic E-state index is 12.5. The van der Waals surface area contributed by atoms with Crippen LogP contribution in [-0.4, -0.2) is 58.2 Å². The number of nitrogens with zero attached hydrogens (tertiary/aromatic N) is 2. The molecule has 2 N–H and O–H groups in total. The number of aryl methyl sites for hydroxylation is 1. The van der Waals surface area contributed by atoms with Crippen molar-refractivity contribution in [3.05, 3.63) is 11.1 Å². The summed E-state index contributed by atoms with van der Waals surface area (Å²) in [7, 11) is 0. The Morgan fingerprint density at radius 2 is 2.15 bits per heavy atom. The Morgan fingerprint density at radius 1 is 1.41 bits per heavy atom. The second-order valence-electron chi connectivity index (χ2n) is 7.76. The van der Waals surface area contributed by atoms with Crippen molar-refractivity contribution in [2.45, 2.75) is 80.6 Å². The first kappa shape index (κ1) is 20.6. The highest BCUT2D eigenvalue weighted by Crippen LogP contribution is 2.35. The predicted molar refractivity (Wildman–Crippen MR) is 110 cm³/mol. The number of piperazine rings is 1. The topological polar surface area (TPSA) is 74.3 Å². The van der Waals surface area contributed by atoms with Gasteiger partial charge < -0.3 is 10.6 Å². The Kier molecular flexibility index (Phi) is 7.16. The fraction of sp³-hybridized carbons (Fsp3) is 0.737. The molecule has 1 aromatic rings. The summed E-state index contributed by atoms with van der Waals surface area (Å²) in [6.45, 7) is 7.65. The molecule has 27 heavy (non-hydrogen) atoms. The molecule has 1 unspecified atom stereocenters. The van der Waals surface area contributed by atoms with Crippen LogP contribution in [0.15, 0.2) is 9.72 Å². The fourth-order valence-electron chi connectivity index (χ4n) is 3.88. The lowest BCUT2D eigenvalue weighted by Gasteiger charge is -2.37. The molecule has 8 heteroatoms. The summed E-state index contributed by atoms with van der Waals surface area (Å²) >= 11 is 3.59. The number of hydrogen-bond donors (Lipinski definition) is 2. The van der Waals surface area contributed by atoms with Gasteiger partial charge in [0.05, 0.1) is 12.5 Å². The second-order valence-corrected chi connectivity index (χ2v) is 10.2. The van der Waals surface area contributed by atoms with Crippen LogP contribution >= 0.6 is 23.1 Å². The first-order chi connectivity index (χ1) is 12.9. The number of hydrogen-bond acceptors (Lipinski definition) is 6. The van der Waals surface area contributed by atoms with Gasteiger partial charge in [-0.2, -0.15) is 0 Å². The van der Waals surface area contributed by atoms with E-state index in [4.69, 9.17) is 0 Å². The Morgan fingerprint density at radius 3 is 2.78 bits per heavy atom. The maximum Gasteiger partial charge on any atom is 0.237 e. The molecule has 0 radical (unpaired) electrons. The Balaban J connectivity index is 1.44. The molecule has 3 rings (SSSR count). The van der Waals surface area contributed by atoms with Crippen LogP contribution in [0.1, 0.15) is 51.6 Å². The van der Waals surface area contributed by atoms with E-state index in [2.05, 4.69) is 39.7 Å². The van der Waals surface area contributed by atoms with Crippen molar-refractivity contribution >= 4 is 34.9 Å². The number of carbonyl (C=O) groups is 2. The molecule has 6 nitrogen and oxygen atoms in total. The number of aromatic nitrogens is 1. The predicted octanol–water partition coefficient (Wildman–Crippen LogP) is 2.57. The van der Waals surface area contributed by atoms with Gasteiger partial charge in [0.25, 0.3) is 0 Å². The molecule has 1 aliphatic heterocycles. The molecule has 1 aliphatic carbocycles. The highest BCUT2D eigenvalue weighted by molar-refractivity contribution is 8.01. The van der Waals surface area contributed by atoms with Gasteiger partial charge in [0.2, 0.25) is 11.8 Å². The fourth-order valence-corrected chi connectivity index (χ4v) is 6.16. The van der Waals surface area contributed by atoms with Crippen molar-refractivity contribution in [1.29, 1.82) is 0 Å². The number of amides is 2. The van der Waals surface area contributed by atoms with Crippen LogP contribution in [0, 0.1) is 6.92 Å². The molecule has 2 heterocycles. The molecule has 1 aromatic heterocycles. The van der Waals surface area contributed by atoms with Gasteiger partial charge >= 0.3 is 0 Å². The molecular weight excluding hydrogens is 380 g/mol. The molecule has 1 atom stereocenters. The van der Waals surface area contributed by atoms with Gasteiger partial charge in [-0.05, 0) is 46.5 Å². The first-order valence-electron chi connectivity index (χ1n) is 9.84. The van der Waals surface area contributed by atoms with E-state index in [0.717, 1.165) is 42.3 Å². The molecule has 150 valence electrons. The number of thiazole rings is 1. The third-order valence-electron chi connectivity index (χ3n) is 5.32. The Bertz CT molecular complexity index is 656. The number of thioether (sulfide) groups is 1. The van der Waals surface area contributed by atoms with Crippen molar-refractivity contribution in [3.63, 3.8) is 0 Å². The van der Waals surface area contributed by atoms with E-state index in [9.17, 15) is 9.59 Å². The van der Waals surface area contributed by atoms with Gasteiger partial charge in [-0.15, -0.1) is 11.3 Å². The van der Waals surface area contributed by atoms with Crippen molar-refractivity contribution in [1.82, 2.24) is 20.5 Å². The second kappa shape index (κ2) is 9.39. The Labute approximate surface area is 169 Å². The smallest absolute Gasteiger partial charge is 0.237 e. The van der Waals surface area contributed by atoms with Crippen LogP contribution in [-0.2, 0) is 9.59 Å². The minimum Gasteiger partial charge on any atom is -0.353 e. The van der Waals surface area contributed by atoms with E-state index in [1.165, 1.54) is 0 Å². The minimum atomic E-state index is -0.348. The number of carbonyl (C=O) groups excluding carboxylic acids is 2. The van der Waals surface area contributed by atoms with Gasteiger partial charge in [0, 0.05) is 41.5 Å². The molecular formula is C19H30N4O2S2. The van der Waals surface area contributed by atoms with E-state index in [0.29, 0.717) is 11.8 Å². The van der Waals surface area contributed by atoms with Crippen LogP contribution in [0.2, 0.25) is 0 Å². The van der Waals surface area contributed by atoms with Gasteiger partial charge in [-0.3, -0.25) is 14.5 Å². The average molecular weight is 411 g/mol. The van der Waals surface area contributed by atoms with E-state index in [1.54, 1.807) is 11.3 Å². The summed E-state index contributed by atoms with van der Waals surface area (Å²) in [6, 6.07) is 0.140. The summed E-state index contributed by atoms with van der Waals surface area (Å²) in [5.41, 5.74) is 1.09. The molecule has 2 amide bonds. The monoisotopic (exact) mass is 410 g/mol. The van der Waals surface area contributed by atoms with E-state index < -0.39 is 0 Å².